The summed E-state index contributed by atoms with van der Waals surface area (Å²) >= 11 is 0. The molecule has 8 nitrogen and oxygen atoms in total. The molecule has 0 saturated heterocycles. The molecular formula is C26H28N2O6. The van der Waals surface area contributed by atoms with Gasteiger partial charge >= 0.3 is 12.1 Å². The van der Waals surface area contributed by atoms with Gasteiger partial charge in [0.25, 0.3) is 0 Å². The molecule has 0 radical (unpaired) electrons. The maximum absolute atomic E-state index is 12.6. The molecule has 2 amide bonds. The van der Waals surface area contributed by atoms with E-state index in [1.54, 1.807) is 12.2 Å². The smallest absolute Gasteiger partial charge is 0.407 e. The van der Waals surface area contributed by atoms with E-state index >= 15 is 0 Å². The normalized spacial score (nSPS) is 20.5. The quantitative estimate of drug-likeness (QED) is 0.467. The Morgan fingerprint density at radius 3 is 2.26 bits per heavy atom. The number of hydrogen-bond donors (Lipinski definition) is 4. The number of aliphatic hydroxyl groups is 1. The number of carbonyl (C=O) groups excluding carboxylic acids is 2. The van der Waals surface area contributed by atoms with Crippen LogP contribution < -0.4 is 10.6 Å². The van der Waals surface area contributed by atoms with Gasteiger partial charge in [-0.2, -0.15) is 0 Å². The van der Waals surface area contributed by atoms with Gasteiger partial charge in [0.2, 0.25) is 5.91 Å². The second-order valence-electron chi connectivity index (χ2n) is 8.96. The summed E-state index contributed by atoms with van der Waals surface area (Å²) in [6.45, 7) is 0.712. The van der Waals surface area contributed by atoms with Crippen molar-refractivity contribution in [1.29, 1.82) is 0 Å². The Balaban J connectivity index is 1.34. The first kappa shape index (κ1) is 23.5. The van der Waals surface area contributed by atoms with Crippen LogP contribution in [0.15, 0.2) is 60.7 Å². The van der Waals surface area contributed by atoms with Gasteiger partial charge in [0.05, 0.1) is 12.6 Å². The molecule has 2 aliphatic rings. The number of aliphatic carboxylic acids is 1. The molecule has 178 valence electrons. The summed E-state index contributed by atoms with van der Waals surface area (Å²) < 4.78 is 5.57. The van der Waals surface area contributed by atoms with Crippen LogP contribution in [0.3, 0.4) is 0 Å². The molecule has 3 atom stereocenters. The first-order chi connectivity index (χ1) is 16.3. The summed E-state index contributed by atoms with van der Waals surface area (Å²) in [6.07, 6.45) is 3.71. The second-order valence-corrected chi connectivity index (χ2v) is 8.96. The van der Waals surface area contributed by atoms with Gasteiger partial charge in [0.15, 0.2) is 5.54 Å². The van der Waals surface area contributed by atoms with Crippen molar-refractivity contribution in [3.05, 3.63) is 71.8 Å². The predicted molar refractivity (Wildman–Crippen MR) is 125 cm³/mol. The zero-order valence-corrected chi connectivity index (χ0v) is 18.9. The highest BCUT2D eigenvalue weighted by Gasteiger charge is 2.37. The lowest BCUT2D eigenvalue weighted by Crippen LogP contribution is -2.56. The Kier molecular flexibility index (Phi) is 6.70. The number of ether oxygens (including phenoxy) is 1. The first-order valence-electron chi connectivity index (χ1n) is 11.3. The van der Waals surface area contributed by atoms with Crippen molar-refractivity contribution < 1.29 is 29.3 Å². The number of allylic oxidation sites excluding steroid dienone is 1. The fourth-order valence-electron chi connectivity index (χ4n) is 4.54. The highest BCUT2D eigenvalue weighted by Crippen LogP contribution is 2.44. The first-order valence-corrected chi connectivity index (χ1v) is 11.3. The maximum Gasteiger partial charge on any atom is 0.407 e. The highest BCUT2D eigenvalue weighted by atomic mass is 16.5. The minimum atomic E-state index is -1.76. The van der Waals surface area contributed by atoms with Crippen LogP contribution >= 0.6 is 0 Å². The third-order valence-electron chi connectivity index (χ3n) is 6.53. The number of rotatable bonds is 7. The Bertz CT molecular complexity index is 1080. The van der Waals surface area contributed by atoms with Crippen LogP contribution in [0.5, 0.6) is 0 Å². The summed E-state index contributed by atoms with van der Waals surface area (Å²) in [5.41, 5.74) is 2.78. The number of aliphatic hydroxyl groups excluding tert-OH is 1. The molecule has 0 fully saturated rings. The number of carbonyl (C=O) groups is 3. The molecule has 2 aliphatic carbocycles. The molecule has 4 rings (SSSR count). The van der Waals surface area contributed by atoms with E-state index in [4.69, 9.17) is 4.74 Å². The fourth-order valence-corrected chi connectivity index (χ4v) is 4.54. The van der Waals surface area contributed by atoms with E-state index in [9.17, 15) is 24.6 Å². The lowest BCUT2D eigenvalue weighted by Gasteiger charge is -2.29. The van der Waals surface area contributed by atoms with Crippen molar-refractivity contribution in [2.45, 2.75) is 37.3 Å². The molecule has 0 aliphatic heterocycles. The molecule has 0 aromatic heterocycles. The maximum atomic E-state index is 12.6. The molecular weight excluding hydrogens is 436 g/mol. The zero-order valence-electron chi connectivity index (χ0n) is 18.9. The molecule has 2 aromatic rings. The van der Waals surface area contributed by atoms with Crippen LogP contribution in [0.2, 0.25) is 0 Å². The van der Waals surface area contributed by atoms with Crippen molar-refractivity contribution in [3.63, 3.8) is 0 Å². The fraction of sp³-hybridized carbons (Fsp3) is 0.346. The van der Waals surface area contributed by atoms with Crippen LogP contribution in [-0.2, 0) is 14.3 Å². The minimum Gasteiger partial charge on any atom is -0.479 e. The largest absolute Gasteiger partial charge is 0.479 e. The molecule has 0 spiro atoms. The average molecular weight is 465 g/mol. The predicted octanol–water partition coefficient (Wildman–Crippen LogP) is 2.81. The number of amides is 2. The van der Waals surface area contributed by atoms with Gasteiger partial charge in [0, 0.05) is 11.8 Å². The summed E-state index contributed by atoms with van der Waals surface area (Å²) in [6, 6.07) is 15.7. The Labute approximate surface area is 197 Å². The molecule has 0 bridgehead atoms. The van der Waals surface area contributed by atoms with E-state index in [1.807, 2.05) is 36.4 Å². The average Bonchev–Trinajstić information content (AvgIpc) is 3.16. The second kappa shape index (κ2) is 9.69. The van der Waals surface area contributed by atoms with E-state index in [2.05, 4.69) is 22.8 Å². The summed E-state index contributed by atoms with van der Waals surface area (Å²) in [7, 11) is 0. The van der Waals surface area contributed by atoms with Gasteiger partial charge in [0.1, 0.15) is 6.61 Å². The van der Waals surface area contributed by atoms with Crippen LogP contribution in [0, 0.1) is 5.92 Å². The monoisotopic (exact) mass is 464 g/mol. The Morgan fingerprint density at radius 2 is 1.68 bits per heavy atom. The molecule has 0 heterocycles. The van der Waals surface area contributed by atoms with Gasteiger partial charge in [-0.15, -0.1) is 0 Å². The standard InChI is InChI=1S/C26H28N2O6/c1-26(15-29,24(31)32)28-23(30)16-7-6-8-17(13-16)27-25(33)34-14-22-20-11-4-2-9-18(20)19-10-3-5-12-21(19)22/h2-6,8-12,16-17,22,29H,7,13-15H2,1H3,(H,27,33)(H,28,30)(H,31,32). The number of nitrogens with one attached hydrogen (secondary N) is 2. The SMILES string of the molecule is CC(CO)(NC(=O)C1CC=CC(NC(=O)OCC2c3ccccc3-c3ccccc32)C1)C(=O)O. The Hall–Kier alpha value is -3.65. The van der Waals surface area contributed by atoms with Gasteiger partial charge < -0.3 is 25.6 Å². The van der Waals surface area contributed by atoms with Gasteiger partial charge in [-0.1, -0.05) is 60.7 Å². The Morgan fingerprint density at radius 1 is 1.06 bits per heavy atom. The topological polar surface area (TPSA) is 125 Å². The van der Waals surface area contributed by atoms with Gasteiger partial charge in [-0.3, -0.25) is 4.79 Å². The van der Waals surface area contributed by atoms with E-state index in [-0.39, 0.29) is 12.5 Å². The third-order valence-corrected chi connectivity index (χ3v) is 6.53. The van der Waals surface area contributed by atoms with Gasteiger partial charge in [-0.25, -0.2) is 9.59 Å². The molecule has 0 saturated carbocycles. The summed E-state index contributed by atoms with van der Waals surface area (Å²) in [5, 5.41) is 23.8. The van der Waals surface area contributed by atoms with Gasteiger partial charge in [-0.05, 0) is 42.0 Å². The lowest BCUT2D eigenvalue weighted by molar-refractivity contribution is -0.149. The number of alkyl carbamates (subject to hydrolysis) is 1. The zero-order chi connectivity index (χ0) is 24.3. The van der Waals surface area contributed by atoms with E-state index in [0.717, 1.165) is 22.3 Å². The molecule has 8 heteroatoms. The van der Waals surface area contributed by atoms with Crippen molar-refractivity contribution in [2.75, 3.05) is 13.2 Å². The van der Waals surface area contributed by atoms with E-state index < -0.39 is 42.1 Å². The number of carboxylic acid groups (broad SMARTS) is 1. The summed E-state index contributed by atoms with van der Waals surface area (Å²) in [5.74, 6) is -2.38. The van der Waals surface area contributed by atoms with E-state index in [1.165, 1.54) is 6.92 Å². The van der Waals surface area contributed by atoms with Crippen LogP contribution in [0.25, 0.3) is 11.1 Å². The summed E-state index contributed by atoms with van der Waals surface area (Å²) in [4.78, 5) is 36.5. The van der Waals surface area contributed by atoms with Crippen LogP contribution in [-0.4, -0.2) is 53.0 Å². The molecule has 3 unspecified atom stereocenters. The van der Waals surface area contributed by atoms with Crippen molar-refractivity contribution >= 4 is 18.0 Å². The third kappa shape index (κ3) is 4.68. The molecule has 34 heavy (non-hydrogen) atoms. The molecule has 2 aromatic carbocycles. The number of fused-ring (bicyclic) bond motifs is 3. The van der Waals surface area contributed by atoms with Crippen molar-refractivity contribution in [3.8, 4) is 11.1 Å². The highest BCUT2D eigenvalue weighted by molar-refractivity contribution is 5.88. The number of hydrogen-bond acceptors (Lipinski definition) is 5. The van der Waals surface area contributed by atoms with Crippen molar-refractivity contribution in [1.82, 2.24) is 10.6 Å². The van der Waals surface area contributed by atoms with Crippen LogP contribution in [0.4, 0.5) is 4.79 Å². The number of carboxylic acids is 1. The molecule has 4 N–H and O–H groups in total. The van der Waals surface area contributed by atoms with Crippen molar-refractivity contribution in [2.24, 2.45) is 5.92 Å². The van der Waals surface area contributed by atoms with Crippen LogP contribution in [0.1, 0.15) is 36.8 Å². The van der Waals surface area contributed by atoms with E-state index in [0.29, 0.717) is 12.8 Å². The minimum absolute atomic E-state index is 0.0502. The number of benzene rings is 2. The lowest BCUT2D eigenvalue weighted by atomic mass is 9.89.